The lowest BCUT2D eigenvalue weighted by molar-refractivity contribution is -0.118. The number of halogens is 1. The summed E-state index contributed by atoms with van der Waals surface area (Å²) >= 11 is 7.76. The Hall–Kier alpha value is -3.82. The van der Waals surface area contributed by atoms with Gasteiger partial charge in [0.15, 0.2) is 0 Å². The summed E-state index contributed by atoms with van der Waals surface area (Å²) in [5, 5.41) is 19.5. The second-order valence-corrected chi connectivity index (χ2v) is 12.2. The molecule has 1 unspecified atom stereocenters. The normalized spacial score (nSPS) is 17.1. The molecule has 0 aliphatic carbocycles. The SMILES string of the molecule is O=C(O)NC(C(=O)Nc1ccccc1CC[C@@H]1CNC[C@@H](CSc2ccc(Cl)cc2)O1)C(c1ccccc1)c1ccccc1. The fraction of sp³-hybridized carbons (Fsp3) is 0.257. The van der Waals surface area contributed by atoms with Crippen LogP contribution in [0.25, 0.3) is 0 Å². The standard InChI is InChI=1S/C35H36ClN3O4S/c36-27-16-19-30(20-17-27)44-23-29-22-37-21-28(43-29)18-15-24-9-7-8-14-31(24)38-34(40)33(39-35(41)42)32(25-10-3-1-4-11-25)26-12-5-2-6-13-26/h1-14,16-17,19-20,28-29,32-33,37,39H,15,18,21-23H2,(H,38,40)(H,41,42)/t28-,29+,33?/m1/s1. The Labute approximate surface area is 267 Å². The molecule has 44 heavy (non-hydrogen) atoms. The zero-order valence-corrected chi connectivity index (χ0v) is 25.8. The fourth-order valence-corrected chi connectivity index (χ4v) is 6.51. The summed E-state index contributed by atoms with van der Waals surface area (Å²) in [4.78, 5) is 26.9. The number of carboxylic acid groups (broad SMARTS) is 1. The van der Waals surface area contributed by atoms with E-state index in [1.807, 2.05) is 109 Å². The van der Waals surface area contributed by atoms with E-state index < -0.39 is 24.0 Å². The van der Waals surface area contributed by atoms with E-state index in [-0.39, 0.29) is 12.2 Å². The van der Waals surface area contributed by atoms with Crippen molar-refractivity contribution in [1.82, 2.24) is 10.6 Å². The number of thioether (sulfide) groups is 1. The van der Waals surface area contributed by atoms with E-state index in [1.165, 1.54) is 0 Å². The lowest BCUT2D eigenvalue weighted by atomic mass is 9.84. The minimum absolute atomic E-state index is 0.0327. The third-order valence-electron chi connectivity index (χ3n) is 7.60. The van der Waals surface area contributed by atoms with Crippen molar-refractivity contribution in [3.63, 3.8) is 0 Å². The molecule has 4 aromatic rings. The molecule has 3 atom stereocenters. The highest BCUT2D eigenvalue weighted by atomic mass is 35.5. The Morgan fingerprint density at radius 2 is 1.48 bits per heavy atom. The number of carbonyl (C=O) groups excluding carboxylic acids is 1. The first kappa shape index (κ1) is 31.6. The van der Waals surface area contributed by atoms with Crippen LogP contribution in [0.15, 0.2) is 114 Å². The third kappa shape index (κ3) is 8.86. The van der Waals surface area contributed by atoms with E-state index >= 15 is 0 Å². The Morgan fingerprint density at radius 1 is 0.864 bits per heavy atom. The maximum atomic E-state index is 13.9. The summed E-state index contributed by atoms with van der Waals surface area (Å²) < 4.78 is 6.41. The Morgan fingerprint density at radius 3 is 2.14 bits per heavy atom. The molecule has 228 valence electrons. The van der Waals surface area contributed by atoms with Crippen LogP contribution < -0.4 is 16.0 Å². The zero-order chi connectivity index (χ0) is 30.7. The quantitative estimate of drug-likeness (QED) is 0.128. The van der Waals surface area contributed by atoms with Gasteiger partial charge in [0.25, 0.3) is 0 Å². The lowest BCUT2D eigenvalue weighted by Crippen LogP contribution is -2.47. The summed E-state index contributed by atoms with van der Waals surface area (Å²) in [6, 6.07) is 33.4. The molecule has 1 saturated heterocycles. The number of ether oxygens (including phenoxy) is 1. The second-order valence-electron chi connectivity index (χ2n) is 10.7. The fourth-order valence-electron chi connectivity index (χ4n) is 5.48. The number of hydrogen-bond donors (Lipinski definition) is 4. The molecule has 1 heterocycles. The number of nitrogens with one attached hydrogen (secondary N) is 3. The van der Waals surface area contributed by atoms with Crippen LogP contribution >= 0.6 is 23.4 Å². The number of benzene rings is 4. The van der Waals surface area contributed by atoms with Crippen molar-refractivity contribution < 1.29 is 19.4 Å². The van der Waals surface area contributed by atoms with Gasteiger partial charge in [-0.1, -0.05) is 90.5 Å². The van der Waals surface area contributed by atoms with Crippen LogP contribution in [0.5, 0.6) is 0 Å². The number of carbonyl (C=O) groups is 2. The summed E-state index contributed by atoms with van der Waals surface area (Å²) in [6.45, 7) is 1.56. The van der Waals surface area contributed by atoms with E-state index in [4.69, 9.17) is 16.3 Å². The van der Waals surface area contributed by atoms with Crippen LogP contribution in [0, 0.1) is 0 Å². The minimum Gasteiger partial charge on any atom is -0.465 e. The van der Waals surface area contributed by atoms with Gasteiger partial charge in [0.2, 0.25) is 5.91 Å². The van der Waals surface area contributed by atoms with Crippen LogP contribution in [0.2, 0.25) is 5.02 Å². The van der Waals surface area contributed by atoms with Gasteiger partial charge in [0, 0.05) is 40.4 Å². The van der Waals surface area contributed by atoms with Crippen molar-refractivity contribution in [2.75, 3.05) is 24.2 Å². The lowest BCUT2D eigenvalue weighted by Gasteiger charge is -2.31. The highest BCUT2D eigenvalue weighted by Gasteiger charge is 2.33. The van der Waals surface area contributed by atoms with Gasteiger partial charge in [-0.2, -0.15) is 0 Å². The third-order valence-corrected chi connectivity index (χ3v) is 9.00. The van der Waals surface area contributed by atoms with E-state index in [1.54, 1.807) is 11.8 Å². The van der Waals surface area contributed by atoms with Gasteiger partial charge in [0.1, 0.15) is 6.04 Å². The number of anilines is 1. The number of para-hydroxylation sites is 1. The monoisotopic (exact) mass is 629 g/mol. The van der Waals surface area contributed by atoms with Crippen molar-refractivity contribution in [3.8, 4) is 0 Å². The van der Waals surface area contributed by atoms with Gasteiger partial charge in [-0.15, -0.1) is 11.8 Å². The number of hydrogen-bond acceptors (Lipinski definition) is 5. The van der Waals surface area contributed by atoms with Crippen molar-refractivity contribution in [2.24, 2.45) is 0 Å². The zero-order valence-electron chi connectivity index (χ0n) is 24.2. The Balaban J connectivity index is 1.26. The topological polar surface area (TPSA) is 99.7 Å². The molecule has 0 saturated carbocycles. The first-order chi connectivity index (χ1) is 21.5. The molecule has 0 bridgehead atoms. The molecule has 2 amide bonds. The maximum absolute atomic E-state index is 13.9. The molecule has 5 rings (SSSR count). The predicted molar refractivity (Wildman–Crippen MR) is 177 cm³/mol. The van der Waals surface area contributed by atoms with Gasteiger partial charge >= 0.3 is 6.09 Å². The highest BCUT2D eigenvalue weighted by Crippen LogP contribution is 2.30. The van der Waals surface area contributed by atoms with Crippen LogP contribution in [0.3, 0.4) is 0 Å². The van der Waals surface area contributed by atoms with Crippen molar-refractivity contribution in [2.45, 2.75) is 41.9 Å². The van der Waals surface area contributed by atoms with Gasteiger partial charge < -0.3 is 25.8 Å². The molecule has 0 spiro atoms. The van der Waals surface area contributed by atoms with Crippen molar-refractivity contribution in [3.05, 3.63) is 131 Å². The van der Waals surface area contributed by atoms with Gasteiger partial charge in [-0.3, -0.25) is 4.79 Å². The van der Waals surface area contributed by atoms with E-state index in [0.29, 0.717) is 12.1 Å². The number of rotatable bonds is 12. The van der Waals surface area contributed by atoms with E-state index in [9.17, 15) is 14.7 Å². The molecule has 4 N–H and O–H groups in total. The molecule has 9 heteroatoms. The average Bonchev–Trinajstić information content (AvgIpc) is 3.05. The molecule has 1 aliphatic rings. The van der Waals surface area contributed by atoms with Crippen LogP contribution in [-0.2, 0) is 16.0 Å². The summed E-state index contributed by atoms with van der Waals surface area (Å²) in [6.07, 6.45) is 0.319. The molecule has 1 fully saturated rings. The van der Waals surface area contributed by atoms with Crippen LogP contribution in [-0.4, -0.2) is 54.2 Å². The van der Waals surface area contributed by atoms with Crippen molar-refractivity contribution >= 4 is 41.1 Å². The van der Waals surface area contributed by atoms with Crippen LogP contribution in [0.1, 0.15) is 29.0 Å². The molecular formula is C35H36ClN3O4S. The van der Waals surface area contributed by atoms with Gasteiger partial charge in [-0.25, -0.2) is 4.79 Å². The molecule has 4 aromatic carbocycles. The first-order valence-corrected chi connectivity index (χ1v) is 16.1. The summed E-state index contributed by atoms with van der Waals surface area (Å²) in [5.74, 6) is -0.114. The number of aryl methyl sites for hydroxylation is 1. The number of amides is 2. The molecule has 0 aromatic heterocycles. The molecule has 1 aliphatic heterocycles. The van der Waals surface area contributed by atoms with E-state index in [0.717, 1.165) is 51.9 Å². The summed E-state index contributed by atoms with van der Waals surface area (Å²) in [7, 11) is 0. The highest BCUT2D eigenvalue weighted by molar-refractivity contribution is 7.99. The Bertz CT molecular complexity index is 1470. The molecule has 0 radical (unpaired) electrons. The molecule has 7 nitrogen and oxygen atoms in total. The summed E-state index contributed by atoms with van der Waals surface area (Å²) in [5.41, 5.74) is 3.30. The maximum Gasteiger partial charge on any atom is 0.405 e. The van der Waals surface area contributed by atoms with Gasteiger partial charge in [-0.05, 0) is 59.9 Å². The Kier molecular flexibility index (Phi) is 11.3. The molecular weight excluding hydrogens is 594 g/mol. The average molecular weight is 630 g/mol. The van der Waals surface area contributed by atoms with Crippen molar-refractivity contribution in [1.29, 1.82) is 0 Å². The second kappa shape index (κ2) is 15.8. The van der Waals surface area contributed by atoms with Crippen LogP contribution in [0.4, 0.5) is 10.5 Å². The first-order valence-electron chi connectivity index (χ1n) is 14.7. The largest absolute Gasteiger partial charge is 0.465 e. The minimum atomic E-state index is -1.26. The van der Waals surface area contributed by atoms with Gasteiger partial charge in [0.05, 0.1) is 12.2 Å². The smallest absolute Gasteiger partial charge is 0.405 e. The number of morpholine rings is 1. The predicted octanol–water partition coefficient (Wildman–Crippen LogP) is 6.83. The van der Waals surface area contributed by atoms with E-state index in [2.05, 4.69) is 16.0 Å².